The summed E-state index contributed by atoms with van der Waals surface area (Å²) in [5.74, 6) is 0.443. The van der Waals surface area contributed by atoms with Gasteiger partial charge in [-0.1, -0.05) is 12.1 Å². The van der Waals surface area contributed by atoms with E-state index in [0.29, 0.717) is 5.56 Å². The molecule has 1 aliphatic heterocycles. The van der Waals surface area contributed by atoms with Crippen LogP contribution in [0.2, 0.25) is 0 Å². The van der Waals surface area contributed by atoms with E-state index >= 15 is 0 Å². The molecule has 0 amide bonds. The average molecular weight is 325 g/mol. The van der Waals surface area contributed by atoms with Crippen LogP contribution >= 0.6 is 12.1 Å². The molecule has 2 aromatic rings. The van der Waals surface area contributed by atoms with Crippen molar-refractivity contribution >= 4 is 23.5 Å². The third-order valence-corrected chi connectivity index (χ3v) is 5.32. The topological polar surface area (TPSA) is 30.3 Å². The van der Waals surface area contributed by atoms with Crippen LogP contribution in [0, 0.1) is 23.1 Å². The first-order valence-corrected chi connectivity index (χ1v) is 8.42. The van der Waals surface area contributed by atoms with E-state index in [0.717, 1.165) is 29.3 Å². The van der Waals surface area contributed by atoms with Gasteiger partial charge in [-0.3, -0.25) is 8.61 Å². The summed E-state index contributed by atoms with van der Waals surface area (Å²) < 4.78 is 17.8. The van der Waals surface area contributed by atoms with E-state index < -0.39 is 0 Å². The van der Waals surface area contributed by atoms with Crippen LogP contribution in [0.3, 0.4) is 0 Å². The molecule has 0 bridgehead atoms. The smallest absolute Gasteiger partial charge is 0.124 e. The maximum atomic E-state index is 13.3. The van der Waals surface area contributed by atoms with Gasteiger partial charge in [-0.15, -0.1) is 0 Å². The van der Waals surface area contributed by atoms with Gasteiger partial charge in [0.05, 0.1) is 35.1 Å². The normalized spacial score (nSPS) is 16.4. The summed E-state index contributed by atoms with van der Waals surface area (Å²) in [6, 6.07) is 12.7. The summed E-state index contributed by atoms with van der Waals surface area (Å²) in [5.41, 5.74) is 4.44. The Bertz CT molecular complexity index is 810. The second kappa shape index (κ2) is 5.47. The molecule has 0 unspecified atom stereocenters. The molecule has 0 atom stereocenters. The van der Waals surface area contributed by atoms with Crippen molar-refractivity contribution in [2.45, 2.75) is 12.8 Å². The molecule has 0 saturated heterocycles. The van der Waals surface area contributed by atoms with E-state index in [1.165, 1.54) is 30.7 Å². The number of fused-ring (bicyclic) bond motifs is 1. The number of rotatable bonds is 3. The summed E-state index contributed by atoms with van der Waals surface area (Å²) in [5, 5.41) is 9.26. The minimum absolute atomic E-state index is 0.369. The van der Waals surface area contributed by atoms with Crippen molar-refractivity contribution in [3.8, 4) is 17.2 Å². The standard InChI is InChI=1S/C18H16FN3S/c1-21-18-9-13(16-6-5-15(19)8-14(16)10-20)4-7-17(18)22(23-21)11-12-2-3-12/h4-9,12H,2-3,11H2,1H3. The first-order chi connectivity index (χ1) is 11.2. The Morgan fingerprint density at radius 3 is 2.78 bits per heavy atom. The van der Waals surface area contributed by atoms with E-state index in [-0.39, 0.29) is 5.82 Å². The lowest BCUT2D eigenvalue weighted by molar-refractivity contribution is 0.627. The summed E-state index contributed by atoms with van der Waals surface area (Å²) in [6.45, 7) is 1.08. The number of hydrogen-bond acceptors (Lipinski definition) is 4. The molecule has 5 heteroatoms. The first-order valence-electron chi connectivity index (χ1n) is 7.69. The third kappa shape index (κ3) is 2.64. The van der Waals surface area contributed by atoms with Crippen molar-refractivity contribution < 1.29 is 4.39 Å². The van der Waals surface area contributed by atoms with Crippen LogP contribution in [0.25, 0.3) is 11.1 Å². The highest BCUT2D eigenvalue weighted by Crippen LogP contribution is 2.47. The fourth-order valence-electron chi connectivity index (χ4n) is 2.92. The van der Waals surface area contributed by atoms with Crippen molar-refractivity contribution in [2.75, 3.05) is 22.2 Å². The van der Waals surface area contributed by atoms with Gasteiger partial charge < -0.3 is 0 Å². The molecule has 1 fully saturated rings. The van der Waals surface area contributed by atoms with Gasteiger partial charge in [0, 0.05) is 13.6 Å². The lowest BCUT2D eigenvalue weighted by Crippen LogP contribution is -2.16. The predicted octanol–water partition coefficient (Wildman–Crippen LogP) is 4.59. The summed E-state index contributed by atoms with van der Waals surface area (Å²) in [6.07, 6.45) is 2.66. The fourth-order valence-corrected chi connectivity index (χ4v) is 3.97. The van der Waals surface area contributed by atoms with E-state index in [1.54, 1.807) is 18.2 Å². The zero-order chi connectivity index (χ0) is 16.0. The Morgan fingerprint density at radius 2 is 2.04 bits per heavy atom. The molecular formula is C18H16FN3S. The van der Waals surface area contributed by atoms with Gasteiger partial charge in [-0.25, -0.2) is 4.39 Å². The monoisotopic (exact) mass is 325 g/mol. The molecule has 1 saturated carbocycles. The minimum Gasteiger partial charge on any atom is -0.300 e. The second-order valence-electron chi connectivity index (χ2n) is 6.09. The SMILES string of the molecule is CN1SN(CC2CC2)c2ccc(-c3ccc(F)cc3C#N)cc21. The molecule has 2 aromatic carbocycles. The quantitative estimate of drug-likeness (QED) is 0.772. The highest BCUT2D eigenvalue weighted by molar-refractivity contribution is 8.02. The van der Waals surface area contributed by atoms with Crippen LogP contribution in [0.4, 0.5) is 15.8 Å². The van der Waals surface area contributed by atoms with Gasteiger partial charge in [0.25, 0.3) is 0 Å². The molecule has 0 aromatic heterocycles. The fraction of sp³-hybridized carbons (Fsp3) is 0.278. The van der Waals surface area contributed by atoms with Crippen LogP contribution in [0.15, 0.2) is 36.4 Å². The van der Waals surface area contributed by atoms with Crippen molar-refractivity contribution in [3.05, 3.63) is 47.8 Å². The molecule has 0 radical (unpaired) electrons. The van der Waals surface area contributed by atoms with Crippen LogP contribution in [-0.2, 0) is 0 Å². The zero-order valence-electron chi connectivity index (χ0n) is 12.8. The molecule has 0 N–H and O–H groups in total. The Balaban J connectivity index is 1.73. The van der Waals surface area contributed by atoms with Crippen molar-refractivity contribution in [2.24, 2.45) is 5.92 Å². The van der Waals surface area contributed by atoms with Crippen molar-refractivity contribution in [3.63, 3.8) is 0 Å². The summed E-state index contributed by atoms with van der Waals surface area (Å²) in [4.78, 5) is 0. The Kier molecular flexibility index (Phi) is 3.42. The van der Waals surface area contributed by atoms with Crippen LogP contribution in [0.5, 0.6) is 0 Å². The zero-order valence-corrected chi connectivity index (χ0v) is 13.6. The largest absolute Gasteiger partial charge is 0.300 e. The summed E-state index contributed by atoms with van der Waals surface area (Å²) >= 11 is 1.72. The van der Waals surface area contributed by atoms with Crippen molar-refractivity contribution in [1.82, 2.24) is 0 Å². The van der Waals surface area contributed by atoms with Crippen LogP contribution in [0.1, 0.15) is 18.4 Å². The third-order valence-electron chi connectivity index (χ3n) is 4.34. The van der Waals surface area contributed by atoms with Gasteiger partial charge in [0.1, 0.15) is 5.82 Å². The molecule has 0 spiro atoms. The molecule has 3 nitrogen and oxygen atoms in total. The molecule has 2 aliphatic rings. The highest BCUT2D eigenvalue weighted by Gasteiger charge is 2.31. The molecule has 1 aliphatic carbocycles. The Hall–Kier alpha value is -2.19. The molecule has 1 heterocycles. The van der Waals surface area contributed by atoms with E-state index in [4.69, 9.17) is 0 Å². The number of nitrogens with zero attached hydrogens (tertiary/aromatic N) is 3. The molecule has 23 heavy (non-hydrogen) atoms. The number of anilines is 2. The van der Waals surface area contributed by atoms with Gasteiger partial charge >= 0.3 is 0 Å². The lowest BCUT2D eigenvalue weighted by Gasteiger charge is -2.16. The van der Waals surface area contributed by atoms with E-state index in [2.05, 4.69) is 33.9 Å². The number of nitriles is 1. The second-order valence-corrected chi connectivity index (χ2v) is 7.24. The van der Waals surface area contributed by atoms with Crippen LogP contribution in [-0.4, -0.2) is 13.6 Å². The van der Waals surface area contributed by atoms with Gasteiger partial charge in [-0.05, 0) is 54.2 Å². The maximum absolute atomic E-state index is 13.3. The number of benzene rings is 2. The Morgan fingerprint density at radius 1 is 1.22 bits per heavy atom. The Labute approximate surface area is 139 Å². The van der Waals surface area contributed by atoms with E-state index in [1.807, 2.05) is 6.07 Å². The van der Waals surface area contributed by atoms with Crippen molar-refractivity contribution in [1.29, 1.82) is 5.26 Å². The van der Waals surface area contributed by atoms with Gasteiger partial charge in [0.2, 0.25) is 0 Å². The first kappa shape index (κ1) is 14.4. The predicted molar refractivity (Wildman–Crippen MR) is 92.6 cm³/mol. The highest BCUT2D eigenvalue weighted by atomic mass is 32.2. The number of halogens is 1. The average Bonchev–Trinajstić information content (AvgIpc) is 3.32. The van der Waals surface area contributed by atoms with Gasteiger partial charge in [0.15, 0.2) is 0 Å². The molecule has 4 rings (SSSR count). The number of hydrogen-bond donors (Lipinski definition) is 0. The van der Waals surface area contributed by atoms with E-state index in [9.17, 15) is 9.65 Å². The molecular weight excluding hydrogens is 309 g/mol. The summed E-state index contributed by atoms with van der Waals surface area (Å²) in [7, 11) is 2.05. The lowest BCUT2D eigenvalue weighted by atomic mass is 9.99. The van der Waals surface area contributed by atoms with Crippen LogP contribution < -0.4 is 8.61 Å². The maximum Gasteiger partial charge on any atom is 0.124 e. The minimum atomic E-state index is -0.380. The van der Waals surface area contributed by atoms with Gasteiger partial charge in [-0.2, -0.15) is 5.26 Å². The molecule has 116 valence electrons.